The van der Waals surface area contributed by atoms with Crippen LogP contribution in [0.5, 0.6) is 11.5 Å². The Hall–Kier alpha value is -3.09. The molecule has 1 aliphatic heterocycles. The maximum atomic E-state index is 12.7. The fourth-order valence-electron chi connectivity index (χ4n) is 3.23. The van der Waals surface area contributed by atoms with E-state index in [2.05, 4.69) is 39.4 Å². The lowest BCUT2D eigenvalue weighted by Gasteiger charge is -2.36. The molecule has 1 N–H and O–H groups in total. The number of anilines is 3. The van der Waals surface area contributed by atoms with E-state index in [1.165, 1.54) is 11.4 Å². The van der Waals surface area contributed by atoms with Gasteiger partial charge in [0.25, 0.3) is 0 Å². The maximum Gasteiger partial charge on any atom is 0.322 e. The minimum atomic E-state index is -0.119. The molecular formula is C21H28N4O3. The maximum absolute atomic E-state index is 12.7. The third kappa shape index (κ3) is 4.42. The van der Waals surface area contributed by atoms with E-state index in [-0.39, 0.29) is 6.03 Å². The highest BCUT2D eigenvalue weighted by Crippen LogP contribution is 2.29. The first kappa shape index (κ1) is 19.7. The lowest BCUT2D eigenvalue weighted by molar-refractivity contribution is 0.208. The van der Waals surface area contributed by atoms with Crippen molar-refractivity contribution in [1.82, 2.24) is 4.90 Å². The Balaban J connectivity index is 1.58. The van der Waals surface area contributed by atoms with Crippen molar-refractivity contribution >= 4 is 23.1 Å². The van der Waals surface area contributed by atoms with E-state index in [1.54, 1.807) is 32.4 Å². The molecule has 0 aliphatic carbocycles. The van der Waals surface area contributed by atoms with Gasteiger partial charge in [0.1, 0.15) is 11.5 Å². The Kier molecular flexibility index (Phi) is 6.13. The molecule has 7 heteroatoms. The van der Waals surface area contributed by atoms with Gasteiger partial charge in [0.15, 0.2) is 0 Å². The average Bonchev–Trinajstić information content (AvgIpc) is 2.74. The second-order valence-electron chi connectivity index (χ2n) is 6.88. The minimum Gasteiger partial charge on any atom is -0.497 e. The number of nitrogens with zero attached hydrogens (tertiary/aromatic N) is 3. The molecule has 0 atom stereocenters. The van der Waals surface area contributed by atoms with Crippen LogP contribution >= 0.6 is 0 Å². The predicted molar refractivity (Wildman–Crippen MR) is 113 cm³/mol. The van der Waals surface area contributed by atoms with Crippen LogP contribution in [0, 0.1) is 0 Å². The van der Waals surface area contributed by atoms with Gasteiger partial charge in [-0.2, -0.15) is 0 Å². The highest BCUT2D eigenvalue weighted by molar-refractivity contribution is 5.91. The molecule has 2 aromatic carbocycles. The number of methoxy groups -OCH3 is 2. The average molecular weight is 384 g/mol. The number of carbonyl (C=O) groups is 1. The lowest BCUT2D eigenvalue weighted by atomic mass is 10.2. The molecule has 0 bridgehead atoms. The normalized spacial score (nSPS) is 13.9. The number of hydrogen-bond acceptors (Lipinski definition) is 5. The molecule has 7 nitrogen and oxygen atoms in total. The molecule has 28 heavy (non-hydrogen) atoms. The van der Waals surface area contributed by atoms with Gasteiger partial charge in [-0.25, -0.2) is 4.79 Å². The van der Waals surface area contributed by atoms with Crippen LogP contribution < -0.4 is 24.6 Å². The second-order valence-corrected chi connectivity index (χ2v) is 6.88. The van der Waals surface area contributed by atoms with Crippen molar-refractivity contribution in [2.45, 2.75) is 0 Å². The number of piperazine rings is 1. The number of benzene rings is 2. The highest BCUT2D eigenvalue weighted by Gasteiger charge is 2.22. The molecule has 3 rings (SSSR count). The van der Waals surface area contributed by atoms with Crippen molar-refractivity contribution in [2.24, 2.45) is 0 Å². The summed E-state index contributed by atoms with van der Waals surface area (Å²) in [6, 6.07) is 13.7. The smallest absolute Gasteiger partial charge is 0.322 e. The molecule has 1 saturated heterocycles. The number of nitrogens with one attached hydrogen (secondary N) is 1. The molecule has 0 spiro atoms. The van der Waals surface area contributed by atoms with Gasteiger partial charge in [-0.05, 0) is 36.4 Å². The Labute approximate surface area is 166 Å². The quantitative estimate of drug-likeness (QED) is 0.858. The summed E-state index contributed by atoms with van der Waals surface area (Å²) in [5.41, 5.74) is 2.99. The predicted octanol–water partition coefficient (Wildman–Crippen LogP) is 3.12. The van der Waals surface area contributed by atoms with Gasteiger partial charge in [0.05, 0.1) is 19.9 Å². The summed E-state index contributed by atoms with van der Waals surface area (Å²) >= 11 is 0. The number of rotatable bonds is 5. The molecule has 0 radical (unpaired) electrons. The van der Waals surface area contributed by atoms with Gasteiger partial charge in [-0.15, -0.1) is 0 Å². The van der Waals surface area contributed by atoms with Gasteiger partial charge in [0, 0.05) is 57.7 Å². The van der Waals surface area contributed by atoms with Crippen LogP contribution in [0.1, 0.15) is 0 Å². The van der Waals surface area contributed by atoms with Crippen LogP contribution in [0.3, 0.4) is 0 Å². The van der Waals surface area contributed by atoms with Crippen molar-refractivity contribution in [3.05, 3.63) is 42.5 Å². The topological polar surface area (TPSA) is 57.3 Å². The van der Waals surface area contributed by atoms with Gasteiger partial charge in [0.2, 0.25) is 0 Å². The first-order chi connectivity index (χ1) is 13.5. The van der Waals surface area contributed by atoms with Crippen LogP contribution in [0.4, 0.5) is 21.9 Å². The van der Waals surface area contributed by atoms with E-state index >= 15 is 0 Å². The third-order valence-electron chi connectivity index (χ3n) is 4.95. The first-order valence-electron chi connectivity index (χ1n) is 9.32. The van der Waals surface area contributed by atoms with Crippen LogP contribution in [0.2, 0.25) is 0 Å². The van der Waals surface area contributed by atoms with Crippen LogP contribution in [-0.2, 0) is 0 Å². The standard InChI is InChI=1S/C21H28N4O3/c1-23(2)16-5-7-17(8-6-16)24-11-13-25(14-12-24)21(26)22-19-10-9-18(27-3)15-20(19)28-4/h5-10,15H,11-14H2,1-4H3,(H,22,26). The molecule has 1 fully saturated rings. The van der Waals surface area contributed by atoms with E-state index < -0.39 is 0 Å². The zero-order valence-corrected chi connectivity index (χ0v) is 16.9. The Morgan fingerprint density at radius 3 is 2.21 bits per heavy atom. The van der Waals surface area contributed by atoms with E-state index in [4.69, 9.17) is 9.47 Å². The molecule has 0 saturated carbocycles. The van der Waals surface area contributed by atoms with Gasteiger partial charge in [-0.3, -0.25) is 0 Å². The summed E-state index contributed by atoms with van der Waals surface area (Å²) in [6.45, 7) is 2.93. The second kappa shape index (κ2) is 8.73. The van der Waals surface area contributed by atoms with Crippen LogP contribution in [0.15, 0.2) is 42.5 Å². The Morgan fingerprint density at radius 1 is 0.964 bits per heavy atom. The minimum absolute atomic E-state index is 0.119. The summed E-state index contributed by atoms with van der Waals surface area (Å²) < 4.78 is 10.5. The monoisotopic (exact) mass is 384 g/mol. The number of ether oxygens (including phenoxy) is 2. The summed E-state index contributed by atoms with van der Waals surface area (Å²) in [5, 5.41) is 2.94. The zero-order valence-electron chi connectivity index (χ0n) is 16.9. The number of carbonyl (C=O) groups excluding carboxylic acids is 1. The van der Waals surface area contributed by atoms with Crippen molar-refractivity contribution < 1.29 is 14.3 Å². The summed E-state index contributed by atoms with van der Waals surface area (Å²) in [4.78, 5) is 18.9. The van der Waals surface area contributed by atoms with Crippen molar-refractivity contribution in [2.75, 3.05) is 69.6 Å². The SMILES string of the molecule is COc1ccc(NC(=O)N2CCN(c3ccc(N(C)C)cc3)CC2)c(OC)c1. The third-order valence-corrected chi connectivity index (χ3v) is 4.95. The Morgan fingerprint density at radius 2 is 1.64 bits per heavy atom. The summed E-state index contributed by atoms with van der Waals surface area (Å²) in [7, 11) is 7.24. The summed E-state index contributed by atoms with van der Waals surface area (Å²) in [5.74, 6) is 1.26. The van der Waals surface area contributed by atoms with Gasteiger partial charge < -0.3 is 29.5 Å². The molecule has 1 aliphatic rings. The van der Waals surface area contributed by atoms with Crippen molar-refractivity contribution in [3.8, 4) is 11.5 Å². The lowest BCUT2D eigenvalue weighted by Crippen LogP contribution is -2.50. The van der Waals surface area contributed by atoms with Gasteiger partial charge >= 0.3 is 6.03 Å². The molecule has 1 heterocycles. The van der Waals surface area contributed by atoms with Gasteiger partial charge in [-0.1, -0.05) is 0 Å². The fraction of sp³-hybridized carbons (Fsp3) is 0.381. The largest absolute Gasteiger partial charge is 0.497 e. The number of hydrogen-bond donors (Lipinski definition) is 1. The number of urea groups is 1. The Bertz CT molecular complexity index is 800. The van der Waals surface area contributed by atoms with E-state index in [0.29, 0.717) is 30.3 Å². The molecule has 2 amide bonds. The molecule has 2 aromatic rings. The fourth-order valence-corrected chi connectivity index (χ4v) is 3.23. The highest BCUT2D eigenvalue weighted by atomic mass is 16.5. The first-order valence-corrected chi connectivity index (χ1v) is 9.32. The zero-order chi connectivity index (χ0) is 20.1. The van der Waals surface area contributed by atoms with E-state index in [1.807, 2.05) is 19.0 Å². The van der Waals surface area contributed by atoms with Crippen molar-refractivity contribution in [3.63, 3.8) is 0 Å². The van der Waals surface area contributed by atoms with Crippen LogP contribution in [0.25, 0.3) is 0 Å². The van der Waals surface area contributed by atoms with E-state index in [9.17, 15) is 4.79 Å². The number of amides is 2. The summed E-state index contributed by atoms with van der Waals surface area (Å²) in [6.07, 6.45) is 0. The molecule has 150 valence electrons. The van der Waals surface area contributed by atoms with Crippen LogP contribution in [-0.4, -0.2) is 65.4 Å². The molecule has 0 unspecified atom stereocenters. The molecular weight excluding hydrogens is 356 g/mol. The van der Waals surface area contributed by atoms with E-state index in [0.717, 1.165) is 13.1 Å². The molecule has 0 aromatic heterocycles. The van der Waals surface area contributed by atoms with Crippen molar-refractivity contribution in [1.29, 1.82) is 0 Å².